The fourth-order valence-electron chi connectivity index (χ4n) is 2.92. The molecule has 13 heavy (non-hydrogen) atoms. The number of anilines is 1. The molecular weight excluding hydrogens is 157 g/mol. The molecule has 2 heteroatoms. The van der Waals surface area contributed by atoms with Crippen LogP contribution in [0.2, 0.25) is 0 Å². The molecule has 64 valence electrons. The molecule has 0 amide bonds. The Bertz CT molecular complexity index is 338. The summed E-state index contributed by atoms with van der Waals surface area (Å²) in [5.74, 6) is 1.56. The lowest BCUT2D eigenvalue weighted by atomic mass is 9.84. The number of hydrogen-bond acceptors (Lipinski definition) is 1. The molecule has 2 atom stereocenters. The molecular formula is C11H12BN. The van der Waals surface area contributed by atoms with Gasteiger partial charge in [0.25, 0.3) is 0 Å². The molecule has 3 rings (SSSR count). The van der Waals surface area contributed by atoms with Crippen molar-refractivity contribution in [2.24, 2.45) is 0 Å². The van der Waals surface area contributed by atoms with Crippen LogP contribution in [0.1, 0.15) is 42.2 Å². The maximum Gasteiger partial charge on any atom is 0.116 e. The molecule has 0 saturated heterocycles. The Kier molecular flexibility index (Phi) is 1.33. The Balaban J connectivity index is 2.22. The van der Waals surface area contributed by atoms with Crippen molar-refractivity contribution in [2.45, 2.75) is 31.1 Å². The second kappa shape index (κ2) is 2.31. The zero-order valence-corrected chi connectivity index (χ0v) is 7.59. The van der Waals surface area contributed by atoms with E-state index in [2.05, 4.69) is 12.1 Å². The van der Waals surface area contributed by atoms with Crippen LogP contribution in [0.15, 0.2) is 12.1 Å². The van der Waals surface area contributed by atoms with Crippen molar-refractivity contribution in [3.8, 4) is 0 Å². The number of hydrogen-bond donors (Lipinski definition) is 1. The van der Waals surface area contributed by atoms with Gasteiger partial charge in [-0.05, 0) is 48.3 Å². The van der Waals surface area contributed by atoms with Crippen LogP contribution in [-0.2, 0) is 0 Å². The summed E-state index contributed by atoms with van der Waals surface area (Å²) >= 11 is 0. The van der Waals surface area contributed by atoms with Crippen LogP contribution in [-0.4, -0.2) is 7.85 Å². The van der Waals surface area contributed by atoms with E-state index in [1.807, 2.05) is 0 Å². The van der Waals surface area contributed by atoms with E-state index in [9.17, 15) is 0 Å². The van der Waals surface area contributed by atoms with E-state index in [1.165, 1.54) is 30.4 Å². The quantitative estimate of drug-likeness (QED) is 0.461. The lowest BCUT2D eigenvalue weighted by Gasteiger charge is -2.16. The van der Waals surface area contributed by atoms with Gasteiger partial charge in [-0.15, -0.1) is 0 Å². The third kappa shape index (κ3) is 0.889. The van der Waals surface area contributed by atoms with Gasteiger partial charge in [0.05, 0.1) is 0 Å². The zero-order valence-electron chi connectivity index (χ0n) is 7.59. The fraction of sp³-hybridized carbons (Fsp3) is 0.455. The van der Waals surface area contributed by atoms with Crippen molar-refractivity contribution in [1.82, 2.24) is 0 Å². The highest BCUT2D eigenvalue weighted by molar-refractivity contribution is 6.35. The van der Waals surface area contributed by atoms with Crippen molar-refractivity contribution >= 4 is 19.0 Å². The van der Waals surface area contributed by atoms with Crippen LogP contribution >= 0.6 is 0 Å². The highest BCUT2D eigenvalue weighted by atomic mass is 14.6. The van der Waals surface area contributed by atoms with Crippen LogP contribution in [0.3, 0.4) is 0 Å². The Hall–Kier alpha value is -0.915. The van der Waals surface area contributed by atoms with E-state index in [4.69, 9.17) is 13.6 Å². The fourth-order valence-corrected chi connectivity index (χ4v) is 2.92. The lowest BCUT2D eigenvalue weighted by Crippen LogP contribution is -2.13. The number of benzene rings is 1. The van der Waals surface area contributed by atoms with Crippen molar-refractivity contribution in [3.63, 3.8) is 0 Å². The second-order valence-corrected chi connectivity index (χ2v) is 4.32. The van der Waals surface area contributed by atoms with Gasteiger partial charge in [0.15, 0.2) is 0 Å². The van der Waals surface area contributed by atoms with Crippen LogP contribution in [0.5, 0.6) is 0 Å². The third-order valence-electron chi connectivity index (χ3n) is 3.60. The zero-order chi connectivity index (χ0) is 9.00. The predicted octanol–water partition coefficient (Wildman–Crippen LogP) is 1.43. The summed E-state index contributed by atoms with van der Waals surface area (Å²) in [6.45, 7) is 0. The van der Waals surface area contributed by atoms with Crippen molar-refractivity contribution in [1.29, 1.82) is 0 Å². The minimum Gasteiger partial charge on any atom is -0.399 e. The number of fused-ring (bicyclic) bond motifs is 5. The van der Waals surface area contributed by atoms with E-state index in [0.29, 0.717) is 0 Å². The Labute approximate surface area is 79.7 Å². The van der Waals surface area contributed by atoms with Crippen LogP contribution in [0.4, 0.5) is 5.69 Å². The number of rotatable bonds is 0. The van der Waals surface area contributed by atoms with Crippen LogP contribution < -0.4 is 11.2 Å². The van der Waals surface area contributed by atoms with Gasteiger partial charge in [-0.1, -0.05) is 11.5 Å². The van der Waals surface area contributed by atoms with Gasteiger partial charge in [-0.2, -0.15) is 0 Å². The molecule has 2 radical (unpaired) electrons. The molecule has 2 aliphatic carbocycles. The Morgan fingerprint density at radius 2 is 1.77 bits per heavy atom. The molecule has 0 aromatic heterocycles. The van der Waals surface area contributed by atoms with E-state index in [-0.39, 0.29) is 0 Å². The molecule has 2 N–H and O–H groups in total. The van der Waals surface area contributed by atoms with Gasteiger partial charge in [-0.25, -0.2) is 0 Å². The SMILES string of the molecule is [B]c1cc2c(cc1N)C1CCC2C1. The second-order valence-electron chi connectivity index (χ2n) is 4.32. The van der Waals surface area contributed by atoms with E-state index < -0.39 is 0 Å². The molecule has 1 saturated carbocycles. The summed E-state index contributed by atoms with van der Waals surface area (Å²) in [4.78, 5) is 0. The minimum absolute atomic E-state index is 0.756. The Morgan fingerprint density at radius 1 is 1.15 bits per heavy atom. The topological polar surface area (TPSA) is 26.0 Å². The molecule has 0 aliphatic heterocycles. The summed E-state index contributed by atoms with van der Waals surface area (Å²) in [5.41, 5.74) is 10.3. The first-order chi connectivity index (χ1) is 6.25. The van der Waals surface area contributed by atoms with E-state index in [0.717, 1.165) is 23.0 Å². The smallest absolute Gasteiger partial charge is 0.116 e. The Morgan fingerprint density at radius 3 is 2.46 bits per heavy atom. The van der Waals surface area contributed by atoms with Crippen molar-refractivity contribution in [2.75, 3.05) is 5.73 Å². The molecule has 1 nitrogen and oxygen atoms in total. The summed E-state index contributed by atoms with van der Waals surface area (Å²) in [7, 11) is 5.80. The first-order valence-electron chi connectivity index (χ1n) is 4.94. The molecule has 0 spiro atoms. The molecule has 2 aliphatic rings. The number of nitrogens with two attached hydrogens (primary N) is 1. The minimum atomic E-state index is 0.756. The molecule has 2 unspecified atom stereocenters. The highest BCUT2D eigenvalue weighted by Crippen LogP contribution is 2.52. The third-order valence-corrected chi connectivity index (χ3v) is 3.60. The maximum absolute atomic E-state index is 5.80. The largest absolute Gasteiger partial charge is 0.399 e. The van der Waals surface area contributed by atoms with E-state index >= 15 is 0 Å². The first kappa shape index (κ1) is 7.49. The average Bonchev–Trinajstić information content (AvgIpc) is 2.67. The normalized spacial score (nSPS) is 29.2. The maximum atomic E-state index is 5.80. The molecule has 0 heterocycles. The van der Waals surface area contributed by atoms with Crippen LogP contribution in [0, 0.1) is 0 Å². The monoisotopic (exact) mass is 169 g/mol. The van der Waals surface area contributed by atoms with Crippen molar-refractivity contribution < 1.29 is 0 Å². The highest BCUT2D eigenvalue weighted by Gasteiger charge is 2.36. The van der Waals surface area contributed by atoms with Gasteiger partial charge in [0.2, 0.25) is 0 Å². The van der Waals surface area contributed by atoms with Gasteiger partial charge in [0, 0.05) is 5.69 Å². The summed E-state index contributed by atoms with van der Waals surface area (Å²) < 4.78 is 0. The summed E-state index contributed by atoms with van der Waals surface area (Å²) in [5, 5.41) is 0. The van der Waals surface area contributed by atoms with Gasteiger partial charge >= 0.3 is 0 Å². The van der Waals surface area contributed by atoms with Crippen molar-refractivity contribution in [3.05, 3.63) is 23.3 Å². The number of nitrogen functional groups attached to an aromatic ring is 1. The van der Waals surface area contributed by atoms with Gasteiger partial charge in [-0.3, -0.25) is 0 Å². The molecule has 2 bridgehead atoms. The summed E-state index contributed by atoms with van der Waals surface area (Å²) in [6.07, 6.45) is 4.03. The summed E-state index contributed by atoms with van der Waals surface area (Å²) in [6, 6.07) is 4.18. The van der Waals surface area contributed by atoms with Gasteiger partial charge in [0.1, 0.15) is 7.85 Å². The first-order valence-corrected chi connectivity index (χ1v) is 4.94. The molecule has 1 fully saturated rings. The predicted molar refractivity (Wildman–Crippen MR) is 55.6 cm³/mol. The van der Waals surface area contributed by atoms with Gasteiger partial charge < -0.3 is 5.73 Å². The standard InChI is InChI=1S/C11H12BN/c12-10-4-8-6-1-2-7(3-6)9(8)5-11(10)13/h4-7H,1-3,13H2. The van der Waals surface area contributed by atoms with E-state index in [1.54, 1.807) is 0 Å². The lowest BCUT2D eigenvalue weighted by molar-refractivity contribution is 0.718. The molecule has 1 aromatic rings. The van der Waals surface area contributed by atoms with Crippen LogP contribution in [0.25, 0.3) is 0 Å². The average molecular weight is 169 g/mol. The molecule has 1 aromatic carbocycles.